The van der Waals surface area contributed by atoms with Crippen LogP contribution in [0.25, 0.3) is 0 Å². The summed E-state index contributed by atoms with van der Waals surface area (Å²) >= 11 is 9.62. The molecule has 1 fully saturated rings. The number of rotatable bonds is 4. The zero-order chi connectivity index (χ0) is 13.0. The predicted octanol–water partition coefficient (Wildman–Crippen LogP) is 4.39. The average molecular weight is 332 g/mol. The smallest absolute Gasteiger partial charge is 0.0638 e. The fourth-order valence-electron chi connectivity index (χ4n) is 2.52. The van der Waals surface area contributed by atoms with Gasteiger partial charge in [0.05, 0.1) is 10.7 Å². The summed E-state index contributed by atoms with van der Waals surface area (Å²) < 4.78 is 1.06. The van der Waals surface area contributed by atoms with Crippen LogP contribution in [0.15, 0.2) is 22.7 Å². The molecule has 1 aromatic carbocycles. The second-order valence-electron chi connectivity index (χ2n) is 4.97. The molecule has 2 rings (SSSR count). The van der Waals surface area contributed by atoms with Crippen molar-refractivity contribution in [3.8, 4) is 0 Å². The first-order valence-corrected chi connectivity index (χ1v) is 7.73. The molecule has 0 bridgehead atoms. The molecule has 4 heteroatoms. The minimum absolute atomic E-state index is 0.720. The molecule has 1 unspecified atom stereocenters. The molecular weight excluding hydrogens is 312 g/mol. The Morgan fingerprint density at radius 3 is 3.06 bits per heavy atom. The molecule has 0 aromatic heterocycles. The lowest BCUT2D eigenvalue weighted by atomic mass is 10.0. The molecule has 0 amide bonds. The fourth-order valence-corrected chi connectivity index (χ4v) is 3.06. The molecule has 1 heterocycles. The van der Waals surface area contributed by atoms with Crippen molar-refractivity contribution in [3.05, 3.63) is 27.7 Å². The lowest BCUT2D eigenvalue weighted by Crippen LogP contribution is -2.37. The van der Waals surface area contributed by atoms with Crippen LogP contribution in [0.5, 0.6) is 0 Å². The van der Waals surface area contributed by atoms with Crippen molar-refractivity contribution in [1.29, 1.82) is 0 Å². The Bertz CT molecular complexity index is 397. The monoisotopic (exact) mass is 330 g/mol. The van der Waals surface area contributed by atoms with Crippen LogP contribution < -0.4 is 5.32 Å². The van der Waals surface area contributed by atoms with Crippen molar-refractivity contribution < 1.29 is 0 Å². The third-order valence-corrected chi connectivity index (χ3v) is 4.47. The molecule has 1 atom stereocenters. The molecule has 2 nitrogen and oxygen atoms in total. The van der Waals surface area contributed by atoms with Crippen LogP contribution in [0.2, 0.25) is 5.02 Å². The molecule has 18 heavy (non-hydrogen) atoms. The maximum Gasteiger partial charge on any atom is 0.0638 e. The number of benzene rings is 1. The van der Waals surface area contributed by atoms with E-state index in [1.54, 1.807) is 0 Å². The molecule has 0 spiro atoms. The number of hydrogen-bond donors (Lipinski definition) is 1. The van der Waals surface area contributed by atoms with Gasteiger partial charge in [0.1, 0.15) is 0 Å². The van der Waals surface area contributed by atoms with Crippen molar-refractivity contribution in [2.75, 3.05) is 25.5 Å². The molecule has 1 N–H and O–H groups in total. The maximum atomic E-state index is 6.15. The number of piperidine rings is 1. The van der Waals surface area contributed by atoms with Crippen molar-refractivity contribution in [2.45, 2.75) is 31.7 Å². The van der Waals surface area contributed by atoms with E-state index in [-0.39, 0.29) is 0 Å². The molecule has 1 aliphatic heterocycles. The van der Waals surface area contributed by atoms with Gasteiger partial charge in [-0.3, -0.25) is 0 Å². The lowest BCUT2D eigenvalue weighted by molar-refractivity contribution is 0.179. The van der Waals surface area contributed by atoms with E-state index in [4.69, 9.17) is 11.6 Å². The van der Waals surface area contributed by atoms with E-state index in [0.717, 1.165) is 27.8 Å². The summed E-state index contributed by atoms with van der Waals surface area (Å²) in [7, 11) is 2.23. The van der Waals surface area contributed by atoms with Gasteiger partial charge in [-0.05, 0) is 51.1 Å². The van der Waals surface area contributed by atoms with E-state index >= 15 is 0 Å². The van der Waals surface area contributed by atoms with Gasteiger partial charge >= 0.3 is 0 Å². The molecule has 100 valence electrons. The Morgan fingerprint density at radius 2 is 2.28 bits per heavy atom. The molecule has 1 saturated heterocycles. The summed E-state index contributed by atoms with van der Waals surface area (Å²) in [5.41, 5.74) is 1.02. The highest BCUT2D eigenvalue weighted by molar-refractivity contribution is 9.10. The predicted molar refractivity (Wildman–Crippen MR) is 82.5 cm³/mol. The van der Waals surface area contributed by atoms with Crippen LogP contribution in [0.3, 0.4) is 0 Å². The van der Waals surface area contributed by atoms with Crippen molar-refractivity contribution >= 4 is 33.2 Å². The zero-order valence-electron chi connectivity index (χ0n) is 10.8. The van der Waals surface area contributed by atoms with Gasteiger partial charge in [-0.1, -0.05) is 34.0 Å². The topological polar surface area (TPSA) is 15.3 Å². The van der Waals surface area contributed by atoms with Crippen LogP contribution in [0.4, 0.5) is 5.69 Å². The SMILES string of the molecule is CN1CCCCC1CCNc1cc(Br)ccc1Cl. The van der Waals surface area contributed by atoms with Gasteiger partial charge in [0, 0.05) is 17.1 Å². The number of halogens is 2. The van der Waals surface area contributed by atoms with Gasteiger partial charge in [0.25, 0.3) is 0 Å². The van der Waals surface area contributed by atoms with E-state index in [1.807, 2.05) is 18.2 Å². The summed E-state index contributed by atoms with van der Waals surface area (Å²) in [4.78, 5) is 2.48. The van der Waals surface area contributed by atoms with E-state index < -0.39 is 0 Å². The first kappa shape index (κ1) is 14.2. The highest BCUT2D eigenvalue weighted by Gasteiger charge is 2.18. The summed E-state index contributed by atoms with van der Waals surface area (Å²) in [5.74, 6) is 0. The van der Waals surface area contributed by atoms with E-state index in [1.165, 1.54) is 32.2 Å². The first-order chi connectivity index (χ1) is 8.66. The largest absolute Gasteiger partial charge is 0.384 e. The van der Waals surface area contributed by atoms with Gasteiger partial charge in [-0.15, -0.1) is 0 Å². The van der Waals surface area contributed by atoms with E-state index in [2.05, 4.69) is 33.2 Å². The van der Waals surface area contributed by atoms with Crippen molar-refractivity contribution in [3.63, 3.8) is 0 Å². The molecule has 0 radical (unpaired) electrons. The molecule has 0 aliphatic carbocycles. The van der Waals surface area contributed by atoms with Crippen molar-refractivity contribution in [2.24, 2.45) is 0 Å². The number of likely N-dealkylation sites (tertiary alicyclic amines) is 1. The fraction of sp³-hybridized carbons (Fsp3) is 0.571. The normalized spacial score (nSPS) is 20.9. The van der Waals surface area contributed by atoms with Gasteiger partial charge < -0.3 is 10.2 Å². The first-order valence-electron chi connectivity index (χ1n) is 6.56. The number of nitrogens with one attached hydrogen (secondary N) is 1. The zero-order valence-corrected chi connectivity index (χ0v) is 13.1. The molecule has 0 saturated carbocycles. The molecule has 1 aliphatic rings. The summed E-state index contributed by atoms with van der Waals surface area (Å²) in [6, 6.07) is 6.63. The van der Waals surface area contributed by atoms with Crippen LogP contribution >= 0.6 is 27.5 Å². The van der Waals surface area contributed by atoms with E-state index in [0.29, 0.717) is 0 Å². The molecule has 1 aromatic rings. The lowest BCUT2D eigenvalue weighted by Gasteiger charge is -2.32. The average Bonchev–Trinajstić information content (AvgIpc) is 2.36. The van der Waals surface area contributed by atoms with Crippen LogP contribution in [0, 0.1) is 0 Å². The third kappa shape index (κ3) is 3.87. The Balaban J connectivity index is 1.82. The second-order valence-corrected chi connectivity index (χ2v) is 6.29. The standard InChI is InChI=1S/C14H20BrClN2/c1-18-9-3-2-4-12(18)7-8-17-14-10-11(15)5-6-13(14)16/h5-6,10,12,17H,2-4,7-9H2,1H3. The van der Waals surface area contributed by atoms with Gasteiger partial charge in [0.15, 0.2) is 0 Å². The van der Waals surface area contributed by atoms with Gasteiger partial charge in [-0.25, -0.2) is 0 Å². The highest BCUT2D eigenvalue weighted by Crippen LogP contribution is 2.26. The Kier molecular flexibility index (Phi) is 5.34. The number of nitrogens with zero attached hydrogens (tertiary/aromatic N) is 1. The Labute approximate surface area is 123 Å². The number of anilines is 1. The minimum Gasteiger partial charge on any atom is -0.384 e. The van der Waals surface area contributed by atoms with Gasteiger partial charge in [-0.2, -0.15) is 0 Å². The minimum atomic E-state index is 0.720. The van der Waals surface area contributed by atoms with Crippen LogP contribution in [-0.4, -0.2) is 31.1 Å². The summed E-state index contributed by atoms with van der Waals surface area (Å²) in [6.45, 7) is 2.22. The molecular formula is C14H20BrClN2. The highest BCUT2D eigenvalue weighted by atomic mass is 79.9. The number of hydrogen-bond acceptors (Lipinski definition) is 2. The van der Waals surface area contributed by atoms with Crippen molar-refractivity contribution in [1.82, 2.24) is 4.90 Å². The quantitative estimate of drug-likeness (QED) is 0.880. The van der Waals surface area contributed by atoms with Gasteiger partial charge in [0.2, 0.25) is 0 Å². The summed E-state index contributed by atoms with van der Waals surface area (Å²) in [5, 5.41) is 4.22. The Morgan fingerprint density at radius 1 is 1.44 bits per heavy atom. The van der Waals surface area contributed by atoms with Crippen LogP contribution in [-0.2, 0) is 0 Å². The Hall–Kier alpha value is -0.250. The second kappa shape index (κ2) is 6.78. The van der Waals surface area contributed by atoms with Crippen LogP contribution in [0.1, 0.15) is 25.7 Å². The van der Waals surface area contributed by atoms with E-state index in [9.17, 15) is 0 Å². The maximum absolute atomic E-state index is 6.15. The summed E-state index contributed by atoms with van der Waals surface area (Å²) in [6.07, 6.45) is 5.22. The third-order valence-electron chi connectivity index (χ3n) is 3.64.